The van der Waals surface area contributed by atoms with E-state index in [0.717, 1.165) is 31.4 Å². The summed E-state index contributed by atoms with van der Waals surface area (Å²) in [6.45, 7) is 0. The highest BCUT2D eigenvalue weighted by atomic mass is 35.5. The van der Waals surface area contributed by atoms with Gasteiger partial charge in [-0.1, -0.05) is 12.8 Å². The normalized spacial score (nSPS) is 11.7. The van der Waals surface area contributed by atoms with E-state index in [4.69, 9.17) is 11.6 Å². The number of unbranched alkanes of at least 4 members (excludes halogenated alkanes) is 3. The first kappa shape index (κ1) is 15.4. The van der Waals surface area contributed by atoms with E-state index in [0.29, 0.717) is 18.4 Å². The molecule has 1 aromatic rings. The molecule has 0 spiro atoms. The number of halogens is 3. The molecule has 0 atom stereocenters. The Morgan fingerprint density at radius 2 is 1.72 bits per heavy atom. The Morgan fingerprint density at radius 1 is 1.06 bits per heavy atom. The van der Waals surface area contributed by atoms with Crippen LogP contribution in [0.5, 0.6) is 0 Å². The number of benzene rings is 1. The van der Waals surface area contributed by atoms with Crippen LogP contribution in [0, 0.1) is 11.6 Å². The SMILES string of the molecule is O=S(=O)(CCCCCCCl)c1ccc(F)cc1F. The Labute approximate surface area is 111 Å². The van der Waals surface area contributed by atoms with Crippen LogP contribution >= 0.6 is 11.6 Å². The van der Waals surface area contributed by atoms with Gasteiger partial charge < -0.3 is 0 Å². The first-order valence-electron chi connectivity index (χ1n) is 5.71. The lowest BCUT2D eigenvalue weighted by molar-refractivity contribution is 0.547. The summed E-state index contributed by atoms with van der Waals surface area (Å²) in [6.07, 6.45) is 2.88. The van der Waals surface area contributed by atoms with Gasteiger partial charge in [-0.25, -0.2) is 17.2 Å². The van der Waals surface area contributed by atoms with Gasteiger partial charge in [0.1, 0.15) is 16.5 Å². The summed E-state index contributed by atoms with van der Waals surface area (Å²) in [5.41, 5.74) is 0. The van der Waals surface area contributed by atoms with Gasteiger partial charge in [-0.3, -0.25) is 0 Å². The summed E-state index contributed by atoms with van der Waals surface area (Å²) in [6, 6.07) is 2.50. The molecule has 0 saturated carbocycles. The third kappa shape index (κ3) is 4.53. The zero-order chi connectivity index (χ0) is 13.6. The van der Waals surface area contributed by atoms with E-state index in [1.807, 2.05) is 0 Å². The summed E-state index contributed by atoms with van der Waals surface area (Å²) >= 11 is 5.50. The maximum atomic E-state index is 13.3. The highest BCUT2D eigenvalue weighted by Crippen LogP contribution is 2.18. The van der Waals surface area contributed by atoms with Gasteiger partial charge in [0, 0.05) is 11.9 Å². The molecule has 0 bridgehead atoms. The van der Waals surface area contributed by atoms with Crippen molar-refractivity contribution in [2.75, 3.05) is 11.6 Å². The van der Waals surface area contributed by atoms with Gasteiger partial charge >= 0.3 is 0 Å². The Kier molecular flexibility index (Phi) is 6.02. The third-order valence-electron chi connectivity index (χ3n) is 2.53. The molecule has 1 aromatic carbocycles. The first-order chi connectivity index (χ1) is 8.47. The average molecular weight is 297 g/mol. The minimum atomic E-state index is -3.67. The molecule has 2 nitrogen and oxygen atoms in total. The molecule has 0 fully saturated rings. The van der Waals surface area contributed by atoms with Crippen molar-refractivity contribution in [1.29, 1.82) is 0 Å². The van der Waals surface area contributed by atoms with Crippen LogP contribution in [0.25, 0.3) is 0 Å². The fraction of sp³-hybridized carbons (Fsp3) is 0.500. The Bertz CT molecular complexity index is 489. The van der Waals surface area contributed by atoms with E-state index in [-0.39, 0.29) is 5.75 Å². The van der Waals surface area contributed by atoms with Crippen LogP contribution in [0.3, 0.4) is 0 Å². The molecule has 1 rings (SSSR count). The predicted octanol–water partition coefficient (Wildman–Crippen LogP) is 3.54. The van der Waals surface area contributed by atoms with Crippen molar-refractivity contribution in [2.24, 2.45) is 0 Å². The summed E-state index contributed by atoms with van der Waals surface area (Å²) in [7, 11) is -3.67. The standard InChI is InChI=1S/C12H15ClF2O2S/c13-7-3-1-2-4-8-18(16,17)12-6-5-10(14)9-11(12)15/h5-6,9H,1-4,7-8H2. The van der Waals surface area contributed by atoms with Crippen LogP contribution < -0.4 is 0 Å². The lowest BCUT2D eigenvalue weighted by Crippen LogP contribution is -2.09. The van der Waals surface area contributed by atoms with Crippen molar-refractivity contribution < 1.29 is 17.2 Å². The predicted molar refractivity (Wildman–Crippen MR) is 67.6 cm³/mol. The van der Waals surface area contributed by atoms with Gasteiger partial charge in [-0.15, -0.1) is 11.6 Å². The molecule has 0 aromatic heterocycles. The van der Waals surface area contributed by atoms with Crippen molar-refractivity contribution in [1.82, 2.24) is 0 Å². The van der Waals surface area contributed by atoms with Crippen LogP contribution in [-0.2, 0) is 9.84 Å². The molecule has 0 heterocycles. The Morgan fingerprint density at radius 3 is 2.33 bits per heavy atom. The highest BCUT2D eigenvalue weighted by molar-refractivity contribution is 7.91. The third-order valence-corrected chi connectivity index (χ3v) is 4.62. The lowest BCUT2D eigenvalue weighted by Gasteiger charge is -2.05. The van der Waals surface area contributed by atoms with E-state index >= 15 is 0 Å². The van der Waals surface area contributed by atoms with Gasteiger partial charge in [-0.05, 0) is 25.0 Å². The zero-order valence-electron chi connectivity index (χ0n) is 9.83. The Hall–Kier alpha value is -0.680. The van der Waals surface area contributed by atoms with E-state index in [1.165, 1.54) is 0 Å². The first-order valence-corrected chi connectivity index (χ1v) is 7.90. The van der Waals surface area contributed by atoms with Crippen LogP contribution in [-0.4, -0.2) is 20.1 Å². The number of hydrogen-bond donors (Lipinski definition) is 0. The molecule has 0 saturated heterocycles. The summed E-state index contributed by atoms with van der Waals surface area (Å²) in [4.78, 5) is -0.429. The number of alkyl halides is 1. The molecule has 0 aliphatic heterocycles. The Balaban J connectivity index is 2.63. The highest BCUT2D eigenvalue weighted by Gasteiger charge is 2.19. The van der Waals surface area contributed by atoms with Crippen molar-refractivity contribution in [3.63, 3.8) is 0 Å². The van der Waals surface area contributed by atoms with E-state index in [2.05, 4.69) is 0 Å². The minimum Gasteiger partial charge on any atom is -0.224 e. The van der Waals surface area contributed by atoms with Crippen LogP contribution in [0.1, 0.15) is 25.7 Å². The van der Waals surface area contributed by atoms with Crippen LogP contribution in [0.2, 0.25) is 0 Å². The quantitative estimate of drug-likeness (QED) is 0.438. The molecule has 0 aliphatic carbocycles. The maximum absolute atomic E-state index is 13.3. The van der Waals surface area contributed by atoms with Gasteiger partial charge in [-0.2, -0.15) is 0 Å². The lowest BCUT2D eigenvalue weighted by atomic mass is 10.2. The molecule has 102 valence electrons. The van der Waals surface area contributed by atoms with Crippen LogP contribution in [0.4, 0.5) is 8.78 Å². The van der Waals surface area contributed by atoms with E-state index < -0.39 is 26.4 Å². The van der Waals surface area contributed by atoms with Gasteiger partial charge in [0.2, 0.25) is 0 Å². The van der Waals surface area contributed by atoms with Gasteiger partial charge in [0.25, 0.3) is 0 Å². The van der Waals surface area contributed by atoms with Gasteiger partial charge in [0.15, 0.2) is 9.84 Å². The van der Waals surface area contributed by atoms with Crippen LogP contribution in [0.15, 0.2) is 23.1 Å². The molecule has 0 unspecified atom stereocenters. The fourth-order valence-corrected chi connectivity index (χ4v) is 3.20. The molecule has 0 N–H and O–H groups in total. The van der Waals surface area contributed by atoms with E-state index in [1.54, 1.807) is 0 Å². The van der Waals surface area contributed by atoms with E-state index in [9.17, 15) is 17.2 Å². The topological polar surface area (TPSA) is 34.1 Å². The summed E-state index contributed by atoms with van der Waals surface area (Å²) in [5.74, 6) is -1.39. The molecular formula is C12H15ClF2O2S. The second-order valence-electron chi connectivity index (χ2n) is 4.00. The smallest absolute Gasteiger partial charge is 0.181 e. The van der Waals surface area contributed by atoms with Gasteiger partial charge in [0.05, 0.1) is 5.75 Å². The molecule has 6 heteroatoms. The molecule has 0 radical (unpaired) electrons. The molecule has 0 aliphatic rings. The fourth-order valence-electron chi connectivity index (χ4n) is 1.58. The largest absolute Gasteiger partial charge is 0.224 e. The monoisotopic (exact) mass is 296 g/mol. The second kappa shape index (κ2) is 7.04. The maximum Gasteiger partial charge on any atom is 0.181 e. The minimum absolute atomic E-state index is 0.127. The second-order valence-corrected chi connectivity index (χ2v) is 6.45. The van der Waals surface area contributed by atoms with Crippen molar-refractivity contribution in [3.05, 3.63) is 29.8 Å². The number of sulfone groups is 1. The zero-order valence-corrected chi connectivity index (χ0v) is 11.4. The summed E-state index contributed by atoms with van der Waals surface area (Å²) < 4.78 is 49.6. The summed E-state index contributed by atoms with van der Waals surface area (Å²) in [5, 5.41) is 0. The van der Waals surface area contributed by atoms with Crippen molar-refractivity contribution in [3.8, 4) is 0 Å². The average Bonchev–Trinajstić information content (AvgIpc) is 2.28. The molecule has 0 amide bonds. The number of hydrogen-bond acceptors (Lipinski definition) is 2. The van der Waals surface area contributed by atoms with Crippen molar-refractivity contribution in [2.45, 2.75) is 30.6 Å². The molecular weight excluding hydrogens is 282 g/mol. The van der Waals surface area contributed by atoms with Crippen molar-refractivity contribution >= 4 is 21.4 Å². The molecule has 18 heavy (non-hydrogen) atoms. The number of rotatable bonds is 7.